The topological polar surface area (TPSA) is 95.9 Å². The monoisotopic (exact) mass is 954 g/mol. The Bertz CT molecular complexity index is 1150. The van der Waals surface area contributed by atoms with E-state index in [0.717, 1.165) is 64.2 Å². The molecular weight excluding hydrogens is 839 g/mol. The highest BCUT2D eigenvalue weighted by molar-refractivity contribution is 5.76. The largest absolute Gasteiger partial charge is 0.466 e. The van der Waals surface area contributed by atoms with E-state index in [1.54, 1.807) is 6.08 Å². The molecule has 0 heterocycles. The van der Waals surface area contributed by atoms with Gasteiger partial charge in [0.1, 0.15) is 0 Å². The fourth-order valence-corrected chi connectivity index (χ4v) is 8.96. The first kappa shape index (κ1) is 65.8. The van der Waals surface area contributed by atoms with Crippen molar-refractivity contribution in [3.05, 3.63) is 48.6 Å². The van der Waals surface area contributed by atoms with Crippen LogP contribution in [0.25, 0.3) is 0 Å². The summed E-state index contributed by atoms with van der Waals surface area (Å²) in [5.41, 5.74) is 0. The first-order valence-corrected chi connectivity index (χ1v) is 29.9. The maximum atomic E-state index is 12.5. The van der Waals surface area contributed by atoms with Gasteiger partial charge < -0.3 is 20.3 Å². The molecule has 0 spiro atoms. The van der Waals surface area contributed by atoms with Crippen LogP contribution < -0.4 is 5.32 Å². The second-order valence-corrected chi connectivity index (χ2v) is 20.3. The Balaban J connectivity index is 3.49. The van der Waals surface area contributed by atoms with Crippen LogP contribution >= 0.6 is 0 Å². The van der Waals surface area contributed by atoms with Crippen LogP contribution in [0.3, 0.4) is 0 Å². The lowest BCUT2D eigenvalue weighted by Gasteiger charge is -2.20. The molecule has 0 fully saturated rings. The summed E-state index contributed by atoms with van der Waals surface area (Å²) in [6.07, 6.45) is 72.8. The van der Waals surface area contributed by atoms with Crippen LogP contribution in [0.15, 0.2) is 48.6 Å². The summed E-state index contributed by atoms with van der Waals surface area (Å²) in [4.78, 5) is 24.5. The van der Waals surface area contributed by atoms with Gasteiger partial charge in [-0.05, 0) is 83.5 Å². The second kappa shape index (κ2) is 57.4. The molecule has 0 aliphatic carbocycles. The molecule has 0 rings (SSSR count). The minimum atomic E-state index is -0.852. The number of unbranched alkanes of at least 4 members (excludes halogenated alkanes) is 38. The smallest absolute Gasteiger partial charge is 0.305 e. The van der Waals surface area contributed by atoms with Gasteiger partial charge in [0.2, 0.25) is 5.91 Å². The Kier molecular flexibility index (Phi) is 55.6. The van der Waals surface area contributed by atoms with E-state index in [4.69, 9.17) is 4.74 Å². The number of hydrogen-bond donors (Lipinski definition) is 3. The van der Waals surface area contributed by atoms with Crippen molar-refractivity contribution in [3.63, 3.8) is 0 Å². The van der Waals surface area contributed by atoms with Crippen molar-refractivity contribution >= 4 is 11.9 Å². The minimum absolute atomic E-state index is 0.0125. The van der Waals surface area contributed by atoms with Crippen LogP contribution in [0.4, 0.5) is 0 Å². The van der Waals surface area contributed by atoms with E-state index in [2.05, 4.69) is 55.6 Å². The first-order valence-electron chi connectivity index (χ1n) is 29.9. The number of amides is 1. The van der Waals surface area contributed by atoms with Crippen molar-refractivity contribution < 1.29 is 24.5 Å². The number of ether oxygens (including phenoxy) is 1. The lowest BCUT2D eigenvalue weighted by Crippen LogP contribution is -2.45. The van der Waals surface area contributed by atoms with Crippen LogP contribution in [-0.2, 0) is 14.3 Å². The van der Waals surface area contributed by atoms with Crippen molar-refractivity contribution in [2.24, 2.45) is 0 Å². The fourth-order valence-electron chi connectivity index (χ4n) is 8.96. The lowest BCUT2D eigenvalue weighted by atomic mass is 10.0. The Morgan fingerprint density at radius 1 is 0.412 bits per heavy atom. The number of carbonyl (C=O) groups excluding carboxylic acids is 2. The molecule has 2 unspecified atom stereocenters. The Hall–Kier alpha value is -2.18. The molecule has 68 heavy (non-hydrogen) atoms. The van der Waals surface area contributed by atoms with E-state index in [-0.39, 0.29) is 18.5 Å². The molecule has 0 saturated carbocycles. The quantitative estimate of drug-likeness (QED) is 0.0321. The Labute approximate surface area is 423 Å². The van der Waals surface area contributed by atoms with E-state index in [0.29, 0.717) is 19.4 Å². The third-order valence-electron chi connectivity index (χ3n) is 13.5. The van der Waals surface area contributed by atoms with E-state index < -0.39 is 12.1 Å². The lowest BCUT2D eigenvalue weighted by molar-refractivity contribution is -0.143. The zero-order valence-electron chi connectivity index (χ0n) is 45.3. The summed E-state index contributed by atoms with van der Waals surface area (Å²) in [5.74, 6) is -0.0892. The molecule has 0 radical (unpaired) electrons. The Morgan fingerprint density at radius 2 is 0.765 bits per heavy atom. The van der Waals surface area contributed by atoms with Gasteiger partial charge in [0.05, 0.1) is 25.4 Å². The van der Waals surface area contributed by atoms with Crippen LogP contribution in [0, 0.1) is 0 Å². The number of rotatable bonds is 55. The molecule has 6 heteroatoms. The van der Waals surface area contributed by atoms with E-state index in [1.165, 1.54) is 218 Å². The van der Waals surface area contributed by atoms with Gasteiger partial charge in [-0.3, -0.25) is 9.59 Å². The predicted octanol–water partition coefficient (Wildman–Crippen LogP) is 18.6. The van der Waals surface area contributed by atoms with Gasteiger partial charge >= 0.3 is 5.97 Å². The molecule has 2 atom stereocenters. The van der Waals surface area contributed by atoms with Gasteiger partial charge in [-0.25, -0.2) is 0 Å². The van der Waals surface area contributed by atoms with Crippen molar-refractivity contribution in [2.45, 2.75) is 321 Å². The predicted molar refractivity (Wildman–Crippen MR) is 296 cm³/mol. The molecule has 0 aromatic heterocycles. The van der Waals surface area contributed by atoms with Crippen molar-refractivity contribution in [1.82, 2.24) is 5.32 Å². The molecular formula is C62H115NO5. The van der Waals surface area contributed by atoms with Gasteiger partial charge in [0.15, 0.2) is 0 Å². The maximum Gasteiger partial charge on any atom is 0.305 e. The van der Waals surface area contributed by atoms with E-state index in [9.17, 15) is 19.8 Å². The zero-order chi connectivity index (χ0) is 49.3. The number of esters is 1. The van der Waals surface area contributed by atoms with Crippen LogP contribution in [0.1, 0.15) is 309 Å². The van der Waals surface area contributed by atoms with E-state index in [1.807, 2.05) is 6.08 Å². The zero-order valence-corrected chi connectivity index (χ0v) is 45.3. The molecule has 398 valence electrons. The third-order valence-corrected chi connectivity index (χ3v) is 13.5. The summed E-state index contributed by atoms with van der Waals surface area (Å²) in [6, 6.07) is -0.637. The standard InChI is InChI=1S/C62H115NO5/c1-3-5-7-9-11-13-15-17-18-19-21-24-27-31-34-38-42-46-50-54-60(65)59(58-64)63-61(66)55-51-47-43-39-35-32-28-25-22-20-23-26-29-33-37-41-45-49-53-57-68-62(67)56-52-48-44-40-36-30-16-14-12-10-8-6-4-2/h8,10,14,16,20,22,50,54,59-60,64-65H,3-7,9,11-13,15,17-19,21,23-49,51-53,55-58H2,1-2H3,(H,63,66)/b10-8-,16-14-,22-20-,54-50+. The van der Waals surface area contributed by atoms with Crippen molar-refractivity contribution in [1.29, 1.82) is 0 Å². The van der Waals surface area contributed by atoms with Gasteiger partial charge in [-0.15, -0.1) is 0 Å². The van der Waals surface area contributed by atoms with Crippen molar-refractivity contribution in [2.75, 3.05) is 13.2 Å². The van der Waals surface area contributed by atoms with E-state index >= 15 is 0 Å². The number of allylic oxidation sites excluding steroid dienone is 7. The summed E-state index contributed by atoms with van der Waals surface area (Å²) >= 11 is 0. The molecule has 1 amide bonds. The number of aliphatic hydroxyl groups excluding tert-OH is 2. The van der Waals surface area contributed by atoms with Gasteiger partial charge in [0.25, 0.3) is 0 Å². The SMILES string of the molecule is CCC/C=C\C/C=C\CCCCCCCC(=O)OCCCCCCCCCC/C=C\CCCCCCCCCC(=O)NC(CO)C(O)/C=C/CCCCCCCCCCCCCCCCCCC. The normalized spacial score (nSPS) is 12.9. The second-order valence-electron chi connectivity index (χ2n) is 20.3. The summed E-state index contributed by atoms with van der Waals surface area (Å²) in [7, 11) is 0. The van der Waals surface area contributed by atoms with Crippen LogP contribution in [-0.4, -0.2) is 47.4 Å². The van der Waals surface area contributed by atoms with Crippen LogP contribution in [0.5, 0.6) is 0 Å². The number of hydrogen-bond acceptors (Lipinski definition) is 5. The number of aliphatic hydroxyl groups is 2. The van der Waals surface area contributed by atoms with Gasteiger partial charge in [-0.2, -0.15) is 0 Å². The van der Waals surface area contributed by atoms with Crippen molar-refractivity contribution in [3.8, 4) is 0 Å². The average Bonchev–Trinajstić information content (AvgIpc) is 3.34. The first-order chi connectivity index (χ1) is 33.5. The average molecular weight is 955 g/mol. The summed E-state index contributed by atoms with van der Waals surface area (Å²) < 4.78 is 5.46. The van der Waals surface area contributed by atoms with Gasteiger partial charge in [-0.1, -0.05) is 262 Å². The molecule has 0 aliphatic heterocycles. The molecule has 0 bridgehead atoms. The highest BCUT2D eigenvalue weighted by Gasteiger charge is 2.18. The minimum Gasteiger partial charge on any atom is -0.466 e. The molecule has 0 aromatic carbocycles. The molecule has 0 aromatic rings. The number of carbonyl (C=O) groups is 2. The van der Waals surface area contributed by atoms with Gasteiger partial charge in [0, 0.05) is 12.8 Å². The Morgan fingerprint density at radius 3 is 1.19 bits per heavy atom. The third kappa shape index (κ3) is 53.2. The van der Waals surface area contributed by atoms with Crippen LogP contribution in [0.2, 0.25) is 0 Å². The maximum absolute atomic E-state index is 12.5. The molecule has 6 nitrogen and oxygen atoms in total. The number of nitrogens with one attached hydrogen (secondary N) is 1. The molecule has 0 saturated heterocycles. The summed E-state index contributed by atoms with van der Waals surface area (Å²) in [6.45, 7) is 4.83. The summed E-state index contributed by atoms with van der Waals surface area (Å²) in [5, 5.41) is 23.2. The molecule has 0 aliphatic rings. The molecule has 3 N–H and O–H groups in total. The highest BCUT2D eigenvalue weighted by Crippen LogP contribution is 2.16. The fraction of sp³-hybridized carbons (Fsp3) is 0.839. The highest BCUT2D eigenvalue weighted by atomic mass is 16.5.